The highest BCUT2D eigenvalue weighted by Crippen LogP contribution is 2.35. The second kappa shape index (κ2) is 9.58. The summed E-state index contributed by atoms with van der Waals surface area (Å²) in [6.07, 6.45) is 6.33. The zero-order chi connectivity index (χ0) is 18.2. The Morgan fingerprint density at radius 3 is 2.40 bits per heavy atom. The third kappa shape index (κ3) is 5.31. The van der Waals surface area contributed by atoms with E-state index in [1.54, 1.807) is 6.07 Å². The van der Waals surface area contributed by atoms with Gasteiger partial charge in [0.25, 0.3) is 5.69 Å². The Balaban J connectivity index is 2.22. The second-order valence-corrected chi connectivity index (χ2v) is 6.62. The molecule has 7 heteroatoms. The van der Waals surface area contributed by atoms with Crippen molar-refractivity contribution in [3.05, 3.63) is 27.8 Å². The first kappa shape index (κ1) is 19.5. The summed E-state index contributed by atoms with van der Waals surface area (Å²) in [6, 6.07) is 3.15. The van der Waals surface area contributed by atoms with Crippen LogP contribution >= 0.6 is 0 Å². The average Bonchev–Trinajstić information content (AvgIpc) is 2.62. The molecular formula is C18H29N3O4. The minimum atomic E-state index is -0.363. The molecule has 25 heavy (non-hydrogen) atoms. The molecule has 0 aliphatic heterocycles. The normalized spacial score (nSPS) is 15.4. The third-order valence-corrected chi connectivity index (χ3v) is 4.86. The number of hydrogen-bond donors (Lipinski definition) is 1. The molecule has 0 heterocycles. The fourth-order valence-corrected chi connectivity index (χ4v) is 3.60. The lowest BCUT2D eigenvalue weighted by Gasteiger charge is -2.29. The minimum absolute atomic E-state index is 0.0586. The average molecular weight is 351 g/mol. The topological polar surface area (TPSA) is 90.9 Å². The molecular weight excluding hydrogens is 322 g/mol. The molecule has 1 saturated carbocycles. The van der Waals surface area contributed by atoms with E-state index < -0.39 is 0 Å². The van der Waals surface area contributed by atoms with Crippen molar-refractivity contribution in [2.24, 2.45) is 11.7 Å². The van der Waals surface area contributed by atoms with Gasteiger partial charge in [-0.05, 0) is 24.8 Å². The van der Waals surface area contributed by atoms with E-state index in [1.165, 1.54) is 52.4 Å². The number of nitrogens with zero attached hydrogens (tertiary/aromatic N) is 2. The highest BCUT2D eigenvalue weighted by Gasteiger charge is 2.23. The van der Waals surface area contributed by atoms with Crippen LogP contribution in [0.3, 0.4) is 0 Å². The Morgan fingerprint density at radius 1 is 1.20 bits per heavy atom. The first-order chi connectivity index (χ1) is 12.1. The molecule has 1 aromatic rings. The Hall–Kier alpha value is -1.86. The lowest BCUT2D eigenvalue weighted by atomic mass is 9.89. The van der Waals surface area contributed by atoms with Crippen LogP contribution in [-0.2, 0) is 6.54 Å². The Kier molecular flexibility index (Phi) is 7.46. The smallest absolute Gasteiger partial charge is 0.277 e. The van der Waals surface area contributed by atoms with Gasteiger partial charge in [-0.1, -0.05) is 19.3 Å². The van der Waals surface area contributed by atoms with Crippen molar-refractivity contribution in [3.63, 3.8) is 0 Å². The molecule has 2 N–H and O–H groups in total. The summed E-state index contributed by atoms with van der Waals surface area (Å²) < 4.78 is 10.5. The van der Waals surface area contributed by atoms with Crippen LogP contribution in [0.1, 0.15) is 37.7 Å². The Bertz CT molecular complexity index is 574. The van der Waals surface area contributed by atoms with Crippen LogP contribution in [0.2, 0.25) is 0 Å². The van der Waals surface area contributed by atoms with Crippen molar-refractivity contribution in [2.75, 3.05) is 33.9 Å². The molecule has 0 bridgehead atoms. The molecule has 1 aliphatic rings. The van der Waals surface area contributed by atoms with Crippen molar-refractivity contribution in [3.8, 4) is 11.5 Å². The van der Waals surface area contributed by atoms with E-state index in [-0.39, 0.29) is 10.6 Å². The SMILES string of the molecule is COc1cc(CN(CCN)CC2CCCCC2)c([N+](=O)[O-])cc1OC. The van der Waals surface area contributed by atoms with E-state index in [2.05, 4.69) is 4.90 Å². The molecule has 2 rings (SSSR count). The maximum absolute atomic E-state index is 11.5. The van der Waals surface area contributed by atoms with Crippen LogP contribution < -0.4 is 15.2 Å². The van der Waals surface area contributed by atoms with Crippen molar-refractivity contribution < 1.29 is 14.4 Å². The van der Waals surface area contributed by atoms with E-state index in [0.29, 0.717) is 36.1 Å². The lowest BCUT2D eigenvalue weighted by molar-refractivity contribution is -0.385. The molecule has 0 spiro atoms. The maximum atomic E-state index is 11.5. The largest absolute Gasteiger partial charge is 0.493 e. The number of nitro benzene ring substituents is 1. The summed E-state index contributed by atoms with van der Waals surface area (Å²) >= 11 is 0. The lowest BCUT2D eigenvalue weighted by Crippen LogP contribution is -2.34. The van der Waals surface area contributed by atoms with Gasteiger partial charge < -0.3 is 15.2 Å². The Morgan fingerprint density at radius 2 is 1.84 bits per heavy atom. The molecule has 140 valence electrons. The van der Waals surface area contributed by atoms with E-state index in [9.17, 15) is 10.1 Å². The van der Waals surface area contributed by atoms with Gasteiger partial charge in [0.1, 0.15) is 0 Å². The second-order valence-electron chi connectivity index (χ2n) is 6.62. The fourth-order valence-electron chi connectivity index (χ4n) is 3.60. The molecule has 0 radical (unpaired) electrons. The third-order valence-electron chi connectivity index (χ3n) is 4.86. The van der Waals surface area contributed by atoms with Gasteiger partial charge in [-0.15, -0.1) is 0 Å². The summed E-state index contributed by atoms with van der Waals surface area (Å²) in [7, 11) is 3.01. The predicted molar refractivity (Wildman–Crippen MR) is 97.1 cm³/mol. The number of ether oxygens (including phenoxy) is 2. The van der Waals surface area contributed by atoms with Gasteiger partial charge in [0.05, 0.1) is 25.2 Å². The van der Waals surface area contributed by atoms with Gasteiger partial charge in [-0.25, -0.2) is 0 Å². The predicted octanol–water partition coefficient (Wildman–Crippen LogP) is 2.95. The summed E-state index contributed by atoms with van der Waals surface area (Å²) in [6.45, 7) is 2.68. The number of hydrogen-bond acceptors (Lipinski definition) is 6. The summed E-state index contributed by atoms with van der Waals surface area (Å²) in [5, 5.41) is 11.5. The van der Waals surface area contributed by atoms with Crippen molar-refractivity contribution in [1.82, 2.24) is 4.90 Å². The molecule has 1 aliphatic carbocycles. The molecule has 0 atom stereocenters. The van der Waals surface area contributed by atoms with Crippen LogP contribution in [0.25, 0.3) is 0 Å². The van der Waals surface area contributed by atoms with Crippen molar-refractivity contribution in [1.29, 1.82) is 0 Å². The highest BCUT2D eigenvalue weighted by atomic mass is 16.6. The summed E-state index contributed by atoms with van der Waals surface area (Å²) in [5.74, 6) is 1.53. The monoisotopic (exact) mass is 351 g/mol. The fraction of sp³-hybridized carbons (Fsp3) is 0.667. The van der Waals surface area contributed by atoms with Gasteiger partial charge in [0, 0.05) is 31.7 Å². The molecule has 1 aromatic carbocycles. The van der Waals surface area contributed by atoms with Crippen molar-refractivity contribution >= 4 is 5.69 Å². The maximum Gasteiger partial charge on any atom is 0.277 e. The number of methoxy groups -OCH3 is 2. The molecule has 1 fully saturated rings. The number of nitrogens with two attached hydrogens (primary N) is 1. The van der Waals surface area contributed by atoms with E-state index >= 15 is 0 Å². The zero-order valence-corrected chi connectivity index (χ0v) is 15.2. The van der Waals surface area contributed by atoms with Crippen LogP contribution in [0, 0.1) is 16.0 Å². The molecule has 0 amide bonds. The van der Waals surface area contributed by atoms with E-state index in [4.69, 9.17) is 15.2 Å². The van der Waals surface area contributed by atoms with E-state index in [1.807, 2.05) is 0 Å². The number of benzene rings is 1. The first-order valence-electron chi connectivity index (χ1n) is 8.90. The highest BCUT2D eigenvalue weighted by molar-refractivity contribution is 5.54. The quantitative estimate of drug-likeness (QED) is 0.543. The van der Waals surface area contributed by atoms with Gasteiger partial charge in [-0.3, -0.25) is 15.0 Å². The number of rotatable bonds is 9. The van der Waals surface area contributed by atoms with Gasteiger partial charge in [-0.2, -0.15) is 0 Å². The molecule has 0 saturated heterocycles. The number of nitro groups is 1. The van der Waals surface area contributed by atoms with Crippen LogP contribution in [0.15, 0.2) is 12.1 Å². The van der Waals surface area contributed by atoms with Crippen LogP contribution in [0.4, 0.5) is 5.69 Å². The summed E-state index contributed by atoms with van der Waals surface area (Å²) in [5.41, 5.74) is 6.46. The van der Waals surface area contributed by atoms with Crippen LogP contribution in [0.5, 0.6) is 11.5 Å². The first-order valence-corrected chi connectivity index (χ1v) is 8.90. The van der Waals surface area contributed by atoms with Gasteiger partial charge in [0.15, 0.2) is 11.5 Å². The molecule has 0 aromatic heterocycles. The minimum Gasteiger partial charge on any atom is -0.493 e. The standard InChI is InChI=1S/C18H29N3O4/c1-24-17-10-15(16(21(22)23)11-18(17)25-2)13-20(9-8-19)12-14-6-4-3-5-7-14/h10-11,14H,3-9,12-13,19H2,1-2H3. The van der Waals surface area contributed by atoms with Crippen molar-refractivity contribution in [2.45, 2.75) is 38.6 Å². The summed E-state index contributed by atoms with van der Waals surface area (Å²) in [4.78, 5) is 13.3. The molecule has 7 nitrogen and oxygen atoms in total. The van der Waals surface area contributed by atoms with Gasteiger partial charge in [0.2, 0.25) is 0 Å². The zero-order valence-electron chi connectivity index (χ0n) is 15.2. The van der Waals surface area contributed by atoms with Gasteiger partial charge >= 0.3 is 0 Å². The van der Waals surface area contributed by atoms with E-state index in [0.717, 1.165) is 13.1 Å². The van der Waals surface area contributed by atoms with Crippen LogP contribution in [-0.4, -0.2) is 43.7 Å². The molecule has 0 unspecified atom stereocenters. The Labute approximate surface area is 149 Å².